The van der Waals surface area contributed by atoms with Crippen LogP contribution in [0.15, 0.2) is 12.1 Å². The SMILES string of the molecule is Cc1ccc(C)c2c(OC(=O)C(F)(F)F)c(C(=O)NC3CCN(C)C3)[nH]c12. The van der Waals surface area contributed by atoms with Gasteiger partial charge in [0.2, 0.25) is 0 Å². The van der Waals surface area contributed by atoms with Crippen molar-refractivity contribution in [3.05, 3.63) is 29.0 Å². The molecule has 146 valence electrons. The molecular formula is C18H20F3N3O3. The van der Waals surface area contributed by atoms with Crippen molar-refractivity contribution in [1.82, 2.24) is 15.2 Å². The van der Waals surface area contributed by atoms with Gasteiger partial charge in [-0.2, -0.15) is 13.2 Å². The van der Waals surface area contributed by atoms with E-state index in [1.165, 1.54) is 0 Å². The molecule has 1 unspecified atom stereocenters. The Hall–Kier alpha value is -2.55. The van der Waals surface area contributed by atoms with Crippen LogP contribution in [0.5, 0.6) is 5.75 Å². The molecule has 0 radical (unpaired) electrons. The van der Waals surface area contributed by atoms with Gasteiger partial charge in [0.25, 0.3) is 5.91 Å². The fraction of sp³-hybridized carbons (Fsp3) is 0.444. The summed E-state index contributed by atoms with van der Waals surface area (Å²) in [6.45, 7) is 4.88. The summed E-state index contributed by atoms with van der Waals surface area (Å²) in [4.78, 5) is 29.0. The Balaban J connectivity index is 2.04. The molecule has 2 N–H and O–H groups in total. The highest BCUT2D eigenvalue weighted by Gasteiger charge is 2.42. The van der Waals surface area contributed by atoms with Gasteiger partial charge in [0, 0.05) is 18.0 Å². The average molecular weight is 383 g/mol. The Bertz CT molecular complexity index is 905. The van der Waals surface area contributed by atoms with E-state index in [4.69, 9.17) is 0 Å². The number of aryl methyl sites for hydroxylation is 2. The lowest BCUT2D eigenvalue weighted by Crippen LogP contribution is -2.37. The number of H-pyrrole nitrogens is 1. The number of esters is 1. The minimum atomic E-state index is -5.16. The maximum Gasteiger partial charge on any atom is 0.491 e. The lowest BCUT2D eigenvalue weighted by molar-refractivity contribution is -0.189. The zero-order chi connectivity index (χ0) is 19.9. The number of hydrogen-bond donors (Lipinski definition) is 2. The summed E-state index contributed by atoms with van der Waals surface area (Å²) >= 11 is 0. The lowest BCUT2D eigenvalue weighted by Gasteiger charge is -2.13. The average Bonchev–Trinajstić information content (AvgIpc) is 3.15. The molecule has 27 heavy (non-hydrogen) atoms. The van der Waals surface area contributed by atoms with Crippen molar-refractivity contribution in [2.45, 2.75) is 32.5 Å². The highest BCUT2D eigenvalue weighted by Crippen LogP contribution is 2.36. The highest BCUT2D eigenvalue weighted by molar-refractivity contribution is 6.06. The summed E-state index contributed by atoms with van der Waals surface area (Å²) in [5, 5.41) is 3.09. The Kier molecular flexibility index (Phi) is 4.90. The summed E-state index contributed by atoms with van der Waals surface area (Å²) in [7, 11) is 1.92. The lowest BCUT2D eigenvalue weighted by atomic mass is 10.1. The second kappa shape index (κ2) is 6.88. The van der Waals surface area contributed by atoms with Crippen LogP contribution < -0.4 is 10.1 Å². The van der Waals surface area contributed by atoms with Crippen molar-refractivity contribution in [1.29, 1.82) is 0 Å². The van der Waals surface area contributed by atoms with Crippen LogP contribution in [0.1, 0.15) is 28.0 Å². The summed E-state index contributed by atoms with van der Waals surface area (Å²) in [6.07, 6.45) is -4.43. The van der Waals surface area contributed by atoms with Gasteiger partial charge in [-0.15, -0.1) is 0 Å². The first-order valence-electron chi connectivity index (χ1n) is 8.48. The van der Waals surface area contributed by atoms with Crippen molar-refractivity contribution < 1.29 is 27.5 Å². The number of benzene rings is 1. The minimum absolute atomic E-state index is 0.123. The van der Waals surface area contributed by atoms with E-state index >= 15 is 0 Å². The first-order valence-corrected chi connectivity index (χ1v) is 8.48. The van der Waals surface area contributed by atoms with Crippen LogP contribution in [0, 0.1) is 13.8 Å². The molecule has 0 bridgehead atoms. The molecule has 1 aliphatic rings. The van der Waals surface area contributed by atoms with Crippen molar-refractivity contribution in [2.75, 3.05) is 20.1 Å². The first kappa shape index (κ1) is 19.2. The van der Waals surface area contributed by atoms with Crippen LogP contribution in [0.2, 0.25) is 0 Å². The molecule has 1 atom stereocenters. The van der Waals surface area contributed by atoms with Gasteiger partial charge in [-0.25, -0.2) is 4.79 Å². The number of carbonyl (C=O) groups excluding carboxylic acids is 2. The molecule has 1 saturated heterocycles. The molecule has 1 fully saturated rings. The number of ether oxygens (including phenoxy) is 1. The van der Waals surface area contributed by atoms with Gasteiger partial charge in [0.1, 0.15) is 5.69 Å². The molecule has 2 heterocycles. The molecule has 0 saturated carbocycles. The number of likely N-dealkylation sites (tertiary alicyclic amines) is 1. The smallest absolute Gasteiger partial charge is 0.417 e. The largest absolute Gasteiger partial charge is 0.491 e. The predicted molar refractivity (Wildman–Crippen MR) is 92.8 cm³/mol. The number of aromatic nitrogens is 1. The quantitative estimate of drug-likeness (QED) is 0.800. The maximum absolute atomic E-state index is 12.7. The molecule has 1 aromatic carbocycles. The number of nitrogens with one attached hydrogen (secondary N) is 2. The zero-order valence-electron chi connectivity index (χ0n) is 15.2. The van der Waals surface area contributed by atoms with Crippen LogP contribution in [0.25, 0.3) is 10.9 Å². The third kappa shape index (κ3) is 3.78. The Morgan fingerprint density at radius 3 is 2.52 bits per heavy atom. The predicted octanol–water partition coefficient (Wildman–Crippen LogP) is 2.69. The summed E-state index contributed by atoms with van der Waals surface area (Å²) in [5.41, 5.74) is 1.60. The molecular weight excluding hydrogens is 363 g/mol. The molecule has 2 aromatic rings. The number of rotatable bonds is 3. The van der Waals surface area contributed by atoms with Crippen molar-refractivity contribution in [2.24, 2.45) is 0 Å². The third-order valence-corrected chi connectivity index (χ3v) is 4.71. The Morgan fingerprint density at radius 2 is 1.93 bits per heavy atom. The van der Waals surface area contributed by atoms with Crippen molar-refractivity contribution in [3.8, 4) is 5.75 Å². The molecule has 1 aliphatic heterocycles. The van der Waals surface area contributed by atoms with Crippen LogP contribution in [0.3, 0.4) is 0 Å². The molecule has 0 aliphatic carbocycles. The van der Waals surface area contributed by atoms with Crippen molar-refractivity contribution >= 4 is 22.8 Å². The van der Waals surface area contributed by atoms with E-state index in [0.29, 0.717) is 23.0 Å². The maximum atomic E-state index is 12.7. The van der Waals surface area contributed by atoms with E-state index in [1.807, 2.05) is 11.9 Å². The zero-order valence-corrected chi connectivity index (χ0v) is 15.2. The van der Waals surface area contributed by atoms with Crippen LogP contribution in [-0.4, -0.2) is 54.1 Å². The fourth-order valence-electron chi connectivity index (χ4n) is 3.29. The Labute approximate surface area is 153 Å². The molecule has 1 amide bonds. The number of hydrogen-bond acceptors (Lipinski definition) is 4. The molecule has 0 spiro atoms. The standard InChI is InChI=1S/C18H20F3N3O3/c1-9-4-5-10(2)13-12(9)15(27-17(26)18(19,20)21)14(23-13)16(25)22-11-6-7-24(3)8-11/h4-5,11,23H,6-8H2,1-3H3,(H,22,25). The molecule has 3 rings (SSSR count). The monoisotopic (exact) mass is 383 g/mol. The number of aromatic amines is 1. The van der Waals surface area contributed by atoms with Gasteiger partial charge in [-0.05, 0) is 45.0 Å². The number of amides is 1. The van der Waals surface area contributed by atoms with Crippen molar-refractivity contribution in [3.63, 3.8) is 0 Å². The second-order valence-corrected chi connectivity index (χ2v) is 6.89. The topological polar surface area (TPSA) is 74.4 Å². The number of nitrogens with zero attached hydrogens (tertiary/aromatic N) is 1. The number of halogens is 3. The minimum Gasteiger partial charge on any atom is -0.417 e. The fourth-order valence-corrected chi connectivity index (χ4v) is 3.29. The van der Waals surface area contributed by atoms with Crippen LogP contribution in [0.4, 0.5) is 13.2 Å². The van der Waals surface area contributed by atoms with Crippen LogP contribution in [-0.2, 0) is 4.79 Å². The number of fused-ring (bicyclic) bond motifs is 1. The third-order valence-electron chi connectivity index (χ3n) is 4.71. The number of alkyl halides is 3. The number of likely N-dealkylation sites (N-methyl/N-ethyl adjacent to an activating group) is 1. The Morgan fingerprint density at radius 1 is 1.26 bits per heavy atom. The highest BCUT2D eigenvalue weighted by atomic mass is 19.4. The first-order chi connectivity index (χ1) is 12.6. The summed E-state index contributed by atoms with van der Waals surface area (Å²) in [6, 6.07) is 3.35. The molecule has 9 heteroatoms. The van der Waals surface area contributed by atoms with Gasteiger partial charge in [-0.1, -0.05) is 12.1 Å². The van der Waals surface area contributed by atoms with E-state index in [1.54, 1.807) is 26.0 Å². The van der Waals surface area contributed by atoms with E-state index in [2.05, 4.69) is 15.0 Å². The molecule has 1 aromatic heterocycles. The van der Waals surface area contributed by atoms with Gasteiger partial charge < -0.3 is 19.9 Å². The van der Waals surface area contributed by atoms with E-state index in [0.717, 1.165) is 18.5 Å². The number of carbonyl (C=O) groups is 2. The van der Waals surface area contributed by atoms with E-state index in [-0.39, 0.29) is 11.7 Å². The van der Waals surface area contributed by atoms with Gasteiger partial charge in [0.05, 0.1) is 5.52 Å². The normalized spacial score (nSPS) is 18.1. The van der Waals surface area contributed by atoms with E-state index in [9.17, 15) is 22.8 Å². The van der Waals surface area contributed by atoms with Crippen LogP contribution >= 0.6 is 0 Å². The molecule has 6 nitrogen and oxygen atoms in total. The summed E-state index contributed by atoms with van der Waals surface area (Å²) in [5.74, 6) is -3.35. The second-order valence-electron chi connectivity index (χ2n) is 6.89. The van der Waals surface area contributed by atoms with Gasteiger partial charge in [0.15, 0.2) is 5.75 Å². The van der Waals surface area contributed by atoms with E-state index < -0.39 is 23.8 Å². The van der Waals surface area contributed by atoms with Gasteiger partial charge in [-0.3, -0.25) is 4.79 Å². The summed E-state index contributed by atoms with van der Waals surface area (Å²) < 4.78 is 42.8. The van der Waals surface area contributed by atoms with Gasteiger partial charge >= 0.3 is 12.1 Å².